The van der Waals surface area contributed by atoms with Crippen molar-refractivity contribution in [1.29, 1.82) is 0 Å². The predicted octanol–water partition coefficient (Wildman–Crippen LogP) is 3.74. The van der Waals surface area contributed by atoms with Crippen LogP contribution in [0.4, 0.5) is 4.39 Å². The lowest BCUT2D eigenvalue weighted by molar-refractivity contribution is 0.305. The summed E-state index contributed by atoms with van der Waals surface area (Å²) in [6.45, 7) is 0.450. The van der Waals surface area contributed by atoms with Crippen molar-refractivity contribution in [2.24, 2.45) is 5.73 Å². The van der Waals surface area contributed by atoms with Crippen molar-refractivity contribution in [2.45, 2.75) is 31.9 Å². The van der Waals surface area contributed by atoms with Crippen molar-refractivity contribution in [3.05, 3.63) is 65.0 Å². The van der Waals surface area contributed by atoms with E-state index in [0.29, 0.717) is 6.61 Å². The van der Waals surface area contributed by atoms with Gasteiger partial charge in [-0.2, -0.15) is 0 Å². The van der Waals surface area contributed by atoms with E-state index in [1.54, 1.807) is 12.1 Å². The second-order valence-corrected chi connectivity index (χ2v) is 5.27. The Balaban J connectivity index is 1.70. The first kappa shape index (κ1) is 13.1. The second kappa shape index (κ2) is 5.63. The van der Waals surface area contributed by atoms with Gasteiger partial charge < -0.3 is 10.5 Å². The molecule has 2 N–H and O–H groups in total. The van der Waals surface area contributed by atoms with Crippen LogP contribution >= 0.6 is 0 Å². The third-order valence-electron chi connectivity index (χ3n) is 3.79. The van der Waals surface area contributed by atoms with Crippen LogP contribution in [0.25, 0.3) is 0 Å². The number of hydrogen-bond donors (Lipinski definition) is 1. The number of rotatable bonds is 3. The zero-order chi connectivity index (χ0) is 13.9. The van der Waals surface area contributed by atoms with Gasteiger partial charge in [0, 0.05) is 6.04 Å². The van der Waals surface area contributed by atoms with Gasteiger partial charge in [-0.25, -0.2) is 4.39 Å². The van der Waals surface area contributed by atoms with Crippen molar-refractivity contribution in [3.63, 3.8) is 0 Å². The fourth-order valence-electron chi connectivity index (χ4n) is 2.67. The Hall–Kier alpha value is -1.87. The Morgan fingerprint density at radius 1 is 1.15 bits per heavy atom. The van der Waals surface area contributed by atoms with Gasteiger partial charge >= 0.3 is 0 Å². The maximum atomic E-state index is 12.8. The van der Waals surface area contributed by atoms with Crippen LogP contribution in [0.1, 0.15) is 35.6 Å². The number of benzene rings is 2. The van der Waals surface area contributed by atoms with Gasteiger partial charge in [-0.1, -0.05) is 18.2 Å². The molecule has 1 aliphatic rings. The molecule has 104 valence electrons. The quantitative estimate of drug-likeness (QED) is 0.923. The fraction of sp³-hybridized carbons (Fsp3) is 0.294. The monoisotopic (exact) mass is 271 g/mol. The standard InChI is InChI=1S/C17H18FNO/c18-14-6-4-12(5-7-14)11-20-15-8-9-16-13(10-15)2-1-3-17(16)19/h4-10,17H,1-3,11,19H2. The molecule has 2 aromatic rings. The molecule has 0 bridgehead atoms. The minimum atomic E-state index is -0.225. The first-order valence-corrected chi connectivity index (χ1v) is 6.98. The molecule has 0 spiro atoms. The van der Waals surface area contributed by atoms with Crippen LogP contribution in [0, 0.1) is 5.82 Å². The van der Waals surface area contributed by atoms with E-state index >= 15 is 0 Å². The van der Waals surface area contributed by atoms with Gasteiger partial charge in [0.2, 0.25) is 0 Å². The van der Waals surface area contributed by atoms with Crippen molar-refractivity contribution in [2.75, 3.05) is 0 Å². The zero-order valence-corrected chi connectivity index (χ0v) is 11.3. The first-order chi connectivity index (χ1) is 9.72. The summed E-state index contributed by atoms with van der Waals surface area (Å²) in [5, 5.41) is 0. The molecule has 0 heterocycles. The SMILES string of the molecule is NC1CCCc2cc(OCc3ccc(F)cc3)ccc21. The Morgan fingerprint density at radius 3 is 2.75 bits per heavy atom. The van der Waals surface area contributed by atoms with E-state index in [1.807, 2.05) is 6.07 Å². The highest BCUT2D eigenvalue weighted by atomic mass is 19.1. The molecular weight excluding hydrogens is 253 g/mol. The molecule has 20 heavy (non-hydrogen) atoms. The van der Waals surface area contributed by atoms with Crippen molar-refractivity contribution >= 4 is 0 Å². The molecule has 1 aliphatic carbocycles. The summed E-state index contributed by atoms with van der Waals surface area (Å²) in [6.07, 6.45) is 3.26. The van der Waals surface area contributed by atoms with Gasteiger partial charge in [-0.15, -0.1) is 0 Å². The molecule has 0 amide bonds. The number of hydrogen-bond acceptors (Lipinski definition) is 2. The van der Waals surface area contributed by atoms with E-state index < -0.39 is 0 Å². The molecule has 1 unspecified atom stereocenters. The van der Waals surface area contributed by atoms with Gasteiger partial charge in [0.15, 0.2) is 0 Å². The lowest BCUT2D eigenvalue weighted by Crippen LogP contribution is -2.17. The topological polar surface area (TPSA) is 35.2 Å². The van der Waals surface area contributed by atoms with Gasteiger partial charge in [-0.05, 0) is 60.2 Å². The average molecular weight is 271 g/mol. The predicted molar refractivity (Wildman–Crippen MR) is 77.0 cm³/mol. The van der Waals surface area contributed by atoms with Gasteiger partial charge in [0.05, 0.1) is 0 Å². The molecule has 3 rings (SSSR count). The van der Waals surface area contributed by atoms with Crippen LogP contribution in [-0.2, 0) is 13.0 Å². The molecule has 3 heteroatoms. The van der Waals surface area contributed by atoms with E-state index in [9.17, 15) is 4.39 Å². The van der Waals surface area contributed by atoms with E-state index in [2.05, 4.69) is 12.1 Å². The summed E-state index contributed by atoms with van der Waals surface area (Å²) in [7, 11) is 0. The molecule has 0 saturated carbocycles. The molecule has 0 fully saturated rings. The Labute approximate surface area is 118 Å². The number of halogens is 1. The highest BCUT2D eigenvalue weighted by Gasteiger charge is 2.16. The van der Waals surface area contributed by atoms with E-state index in [-0.39, 0.29) is 11.9 Å². The molecule has 0 aliphatic heterocycles. The molecule has 2 nitrogen and oxygen atoms in total. The zero-order valence-electron chi connectivity index (χ0n) is 11.3. The number of nitrogens with two attached hydrogens (primary N) is 1. The van der Waals surface area contributed by atoms with Gasteiger partial charge in [0.25, 0.3) is 0 Å². The van der Waals surface area contributed by atoms with E-state index in [0.717, 1.165) is 30.6 Å². The van der Waals surface area contributed by atoms with Gasteiger partial charge in [-0.3, -0.25) is 0 Å². The van der Waals surface area contributed by atoms with Gasteiger partial charge in [0.1, 0.15) is 18.2 Å². The highest BCUT2D eigenvalue weighted by molar-refractivity contribution is 5.39. The molecule has 2 aromatic carbocycles. The lowest BCUT2D eigenvalue weighted by atomic mass is 9.88. The molecule has 0 radical (unpaired) electrons. The molecule has 0 saturated heterocycles. The van der Waals surface area contributed by atoms with E-state index in [1.165, 1.54) is 23.3 Å². The Bertz CT molecular complexity index is 594. The summed E-state index contributed by atoms with van der Waals surface area (Å²) in [6, 6.07) is 12.7. The normalized spacial score (nSPS) is 17.6. The smallest absolute Gasteiger partial charge is 0.123 e. The lowest BCUT2D eigenvalue weighted by Gasteiger charge is -2.22. The maximum absolute atomic E-state index is 12.8. The first-order valence-electron chi connectivity index (χ1n) is 6.98. The Kier molecular flexibility index (Phi) is 3.70. The van der Waals surface area contributed by atoms with Crippen molar-refractivity contribution in [3.8, 4) is 5.75 Å². The molecule has 0 aromatic heterocycles. The minimum absolute atomic E-state index is 0.157. The summed E-state index contributed by atoms with van der Waals surface area (Å²) < 4.78 is 18.6. The fourth-order valence-corrected chi connectivity index (χ4v) is 2.67. The summed E-state index contributed by atoms with van der Waals surface area (Å²) in [4.78, 5) is 0. The van der Waals surface area contributed by atoms with Crippen LogP contribution in [0.3, 0.4) is 0 Å². The number of ether oxygens (including phenoxy) is 1. The Morgan fingerprint density at radius 2 is 1.95 bits per heavy atom. The van der Waals surface area contributed by atoms with Crippen LogP contribution < -0.4 is 10.5 Å². The van der Waals surface area contributed by atoms with Crippen LogP contribution in [0.2, 0.25) is 0 Å². The summed E-state index contributed by atoms with van der Waals surface area (Å²) in [5.41, 5.74) is 9.59. The third-order valence-corrected chi connectivity index (χ3v) is 3.79. The van der Waals surface area contributed by atoms with Crippen LogP contribution in [-0.4, -0.2) is 0 Å². The summed E-state index contributed by atoms with van der Waals surface area (Å²) in [5.74, 6) is 0.624. The minimum Gasteiger partial charge on any atom is -0.489 e. The van der Waals surface area contributed by atoms with Crippen molar-refractivity contribution in [1.82, 2.24) is 0 Å². The molecule has 1 atom stereocenters. The van der Waals surface area contributed by atoms with Crippen LogP contribution in [0.5, 0.6) is 5.75 Å². The second-order valence-electron chi connectivity index (χ2n) is 5.27. The third kappa shape index (κ3) is 2.83. The number of aryl methyl sites for hydroxylation is 1. The average Bonchev–Trinajstić information content (AvgIpc) is 2.47. The summed E-state index contributed by atoms with van der Waals surface area (Å²) >= 11 is 0. The van der Waals surface area contributed by atoms with E-state index in [4.69, 9.17) is 10.5 Å². The largest absolute Gasteiger partial charge is 0.489 e. The van der Waals surface area contributed by atoms with Crippen LogP contribution in [0.15, 0.2) is 42.5 Å². The molecular formula is C17H18FNO. The van der Waals surface area contributed by atoms with Crippen molar-refractivity contribution < 1.29 is 9.13 Å². The number of fused-ring (bicyclic) bond motifs is 1. The highest BCUT2D eigenvalue weighted by Crippen LogP contribution is 2.30. The maximum Gasteiger partial charge on any atom is 0.123 e.